The highest BCUT2D eigenvalue weighted by Gasteiger charge is 1.93. The molecule has 1 aromatic rings. The van der Waals surface area contributed by atoms with Crippen molar-refractivity contribution < 1.29 is 0 Å². The first-order valence-electron chi connectivity index (χ1n) is 3.72. The maximum atomic E-state index is 5.93. The molecule has 0 fully saturated rings. The molecule has 0 aliphatic rings. The Bertz CT molecular complexity index is 290. The quantitative estimate of drug-likeness (QED) is 0.636. The lowest BCUT2D eigenvalue weighted by atomic mass is 10.1. The van der Waals surface area contributed by atoms with Crippen LogP contribution in [0.2, 0.25) is 5.02 Å². The zero-order valence-electron chi connectivity index (χ0n) is 6.85. The van der Waals surface area contributed by atoms with Crippen LogP contribution in [-0.4, -0.2) is 5.88 Å². The van der Waals surface area contributed by atoms with Crippen LogP contribution >= 0.6 is 23.2 Å². The van der Waals surface area contributed by atoms with Crippen LogP contribution in [0.3, 0.4) is 0 Å². The van der Waals surface area contributed by atoms with Crippen LogP contribution in [-0.2, 0) is 0 Å². The average molecular weight is 201 g/mol. The Hall–Kier alpha value is -0.460. The zero-order chi connectivity index (χ0) is 8.97. The summed E-state index contributed by atoms with van der Waals surface area (Å²) in [4.78, 5) is 0. The number of benzene rings is 1. The number of aryl methyl sites for hydroxylation is 1. The van der Waals surface area contributed by atoms with Crippen molar-refractivity contribution in [2.24, 2.45) is 0 Å². The standard InChI is InChI=1S/C10H10Cl2/c1-8-4-5-9(3-2-6-11)7-10(8)12/h2-5,7H,6H2,1H3. The Balaban J connectivity index is 2.89. The van der Waals surface area contributed by atoms with Crippen LogP contribution < -0.4 is 0 Å². The maximum absolute atomic E-state index is 5.93. The molecule has 0 aliphatic heterocycles. The summed E-state index contributed by atoms with van der Waals surface area (Å²) >= 11 is 11.4. The summed E-state index contributed by atoms with van der Waals surface area (Å²) in [7, 11) is 0. The summed E-state index contributed by atoms with van der Waals surface area (Å²) < 4.78 is 0. The fourth-order valence-electron chi connectivity index (χ4n) is 0.893. The molecule has 0 radical (unpaired) electrons. The molecule has 0 nitrogen and oxygen atoms in total. The van der Waals surface area contributed by atoms with E-state index < -0.39 is 0 Å². The van der Waals surface area contributed by atoms with E-state index in [0.717, 1.165) is 16.1 Å². The molecule has 0 heterocycles. The van der Waals surface area contributed by atoms with Gasteiger partial charge in [0.05, 0.1) is 0 Å². The predicted molar refractivity (Wildman–Crippen MR) is 55.9 cm³/mol. The van der Waals surface area contributed by atoms with Gasteiger partial charge in [0.2, 0.25) is 0 Å². The van der Waals surface area contributed by atoms with Gasteiger partial charge in [0.1, 0.15) is 0 Å². The van der Waals surface area contributed by atoms with E-state index in [1.165, 1.54) is 0 Å². The molecule has 12 heavy (non-hydrogen) atoms. The summed E-state index contributed by atoms with van der Waals surface area (Å²) in [5.41, 5.74) is 2.19. The van der Waals surface area contributed by atoms with Gasteiger partial charge in [0.15, 0.2) is 0 Å². The number of halogens is 2. The van der Waals surface area contributed by atoms with Crippen LogP contribution in [0.1, 0.15) is 11.1 Å². The first-order valence-corrected chi connectivity index (χ1v) is 4.64. The fraction of sp³-hybridized carbons (Fsp3) is 0.200. The molecule has 1 rings (SSSR count). The second-order valence-corrected chi connectivity index (χ2v) is 3.28. The zero-order valence-corrected chi connectivity index (χ0v) is 8.36. The molecule has 0 aromatic heterocycles. The van der Waals surface area contributed by atoms with Crippen LogP contribution in [0.4, 0.5) is 0 Å². The molecule has 0 spiro atoms. The molecule has 0 saturated heterocycles. The van der Waals surface area contributed by atoms with Gasteiger partial charge in [-0.3, -0.25) is 0 Å². The highest BCUT2D eigenvalue weighted by atomic mass is 35.5. The van der Waals surface area contributed by atoms with E-state index in [0.29, 0.717) is 5.88 Å². The molecular formula is C10H10Cl2. The molecule has 2 heteroatoms. The second-order valence-electron chi connectivity index (χ2n) is 2.57. The lowest BCUT2D eigenvalue weighted by molar-refractivity contribution is 1.46. The van der Waals surface area contributed by atoms with Crippen molar-refractivity contribution in [1.82, 2.24) is 0 Å². The minimum atomic E-state index is 0.533. The number of rotatable bonds is 2. The topological polar surface area (TPSA) is 0 Å². The van der Waals surface area contributed by atoms with Gasteiger partial charge in [-0.05, 0) is 24.1 Å². The van der Waals surface area contributed by atoms with Crippen LogP contribution in [0.25, 0.3) is 6.08 Å². The van der Waals surface area contributed by atoms with Gasteiger partial charge in [-0.15, -0.1) is 11.6 Å². The lowest BCUT2D eigenvalue weighted by Crippen LogP contribution is -1.77. The van der Waals surface area contributed by atoms with Crippen molar-refractivity contribution in [3.8, 4) is 0 Å². The van der Waals surface area contributed by atoms with Crippen LogP contribution in [0.15, 0.2) is 24.3 Å². The van der Waals surface area contributed by atoms with E-state index in [1.807, 2.05) is 37.3 Å². The first-order chi connectivity index (χ1) is 5.74. The lowest BCUT2D eigenvalue weighted by Gasteiger charge is -1.98. The van der Waals surface area contributed by atoms with Gasteiger partial charge in [0, 0.05) is 10.9 Å². The van der Waals surface area contributed by atoms with E-state index in [2.05, 4.69) is 0 Å². The third-order valence-corrected chi connectivity index (χ3v) is 2.18. The summed E-state index contributed by atoms with van der Waals surface area (Å²) in [6.45, 7) is 1.98. The molecule has 0 N–H and O–H groups in total. The third-order valence-electron chi connectivity index (χ3n) is 1.60. The summed E-state index contributed by atoms with van der Waals surface area (Å²) in [6, 6.07) is 5.94. The summed E-state index contributed by atoms with van der Waals surface area (Å²) in [5, 5.41) is 0.798. The van der Waals surface area contributed by atoms with Crippen LogP contribution in [0, 0.1) is 6.92 Å². The minimum Gasteiger partial charge on any atom is -0.122 e. The van der Waals surface area contributed by atoms with E-state index in [1.54, 1.807) is 0 Å². The number of alkyl halides is 1. The minimum absolute atomic E-state index is 0.533. The Kier molecular flexibility index (Phi) is 3.64. The predicted octanol–water partition coefficient (Wildman–Crippen LogP) is 3.90. The molecule has 1 aromatic carbocycles. The number of hydrogen-bond acceptors (Lipinski definition) is 0. The smallest absolute Gasteiger partial charge is 0.0441 e. The monoisotopic (exact) mass is 200 g/mol. The van der Waals surface area contributed by atoms with E-state index in [9.17, 15) is 0 Å². The van der Waals surface area contributed by atoms with E-state index >= 15 is 0 Å². The van der Waals surface area contributed by atoms with Gasteiger partial charge >= 0.3 is 0 Å². The molecule has 0 saturated carbocycles. The second kappa shape index (κ2) is 4.54. The summed E-state index contributed by atoms with van der Waals surface area (Å²) in [6.07, 6.45) is 3.85. The highest BCUT2D eigenvalue weighted by Crippen LogP contribution is 2.17. The maximum Gasteiger partial charge on any atom is 0.0441 e. The molecule has 0 aliphatic carbocycles. The normalized spacial score (nSPS) is 10.9. The number of hydrogen-bond donors (Lipinski definition) is 0. The van der Waals surface area contributed by atoms with Gasteiger partial charge in [0.25, 0.3) is 0 Å². The van der Waals surface area contributed by atoms with Gasteiger partial charge in [-0.1, -0.05) is 35.9 Å². The van der Waals surface area contributed by atoms with Crippen molar-refractivity contribution in [2.45, 2.75) is 6.92 Å². The van der Waals surface area contributed by atoms with Gasteiger partial charge in [-0.25, -0.2) is 0 Å². The van der Waals surface area contributed by atoms with Gasteiger partial charge in [-0.2, -0.15) is 0 Å². The van der Waals surface area contributed by atoms with Crippen molar-refractivity contribution in [3.63, 3.8) is 0 Å². The highest BCUT2D eigenvalue weighted by molar-refractivity contribution is 6.31. The number of allylic oxidation sites excluding steroid dienone is 1. The fourth-order valence-corrected chi connectivity index (χ4v) is 1.17. The Morgan fingerprint density at radius 1 is 1.42 bits per heavy atom. The first kappa shape index (κ1) is 9.63. The van der Waals surface area contributed by atoms with Crippen molar-refractivity contribution in [3.05, 3.63) is 40.4 Å². The molecular weight excluding hydrogens is 191 g/mol. The Morgan fingerprint density at radius 2 is 2.17 bits per heavy atom. The molecule has 0 unspecified atom stereocenters. The molecule has 0 amide bonds. The van der Waals surface area contributed by atoms with Crippen LogP contribution in [0.5, 0.6) is 0 Å². The Labute approximate surface area is 82.8 Å². The SMILES string of the molecule is Cc1ccc(C=CCCl)cc1Cl. The van der Waals surface area contributed by atoms with E-state index in [-0.39, 0.29) is 0 Å². The van der Waals surface area contributed by atoms with Crippen molar-refractivity contribution in [1.29, 1.82) is 0 Å². The summed E-state index contributed by atoms with van der Waals surface area (Å²) in [5.74, 6) is 0.533. The molecule has 0 bridgehead atoms. The van der Waals surface area contributed by atoms with Crippen molar-refractivity contribution in [2.75, 3.05) is 5.88 Å². The molecule has 0 atom stereocenters. The molecule has 64 valence electrons. The average Bonchev–Trinajstić information content (AvgIpc) is 2.07. The van der Waals surface area contributed by atoms with Gasteiger partial charge < -0.3 is 0 Å². The van der Waals surface area contributed by atoms with Crippen molar-refractivity contribution >= 4 is 29.3 Å². The third kappa shape index (κ3) is 2.54. The largest absolute Gasteiger partial charge is 0.122 e. The Morgan fingerprint density at radius 3 is 2.75 bits per heavy atom. The van der Waals surface area contributed by atoms with E-state index in [4.69, 9.17) is 23.2 Å².